The molecule has 1 heterocycles. The summed E-state index contributed by atoms with van der Waals surface area (Å²) in [7, 11) is 2.08. The maximum atomic E-state index is 4.43. The highest BCUT2D eigenvalue weighted by atomic mass is 32.2. The lowest BCUT2D eigenvalue weighted by Crippen LogP contribution is -2.29. The van der Waals surface area contributed by atoms with Crippen LogP contribution in [0.3, 0.4) is 0 Å². The second-order valence-corrected chi connectivity index (χ2v) is 6.27. The minimum absolute atomic E-state index is 0.762. The van der Waals surface area contributed by atoms with E-state index in [0.29, 0.717) is 0 Å². The maximum absolute atomic E-state index is 4.43. The normalized spacial score (nSPS) is 17.6. The molecule has 3 nitrogen and oxygen atoms in total. The quantitative estimate of drug-likeness (QED) is 0.745. The molecule has 0 spiro atoms. The molecular weight excluding hydrogens is 230 g/mol. The number of hydrogen-bond acceptors (Lipinski definition) is 3. The highest BCUT2D eigenvalue weighted by Gasteiger charge is 2.29. The van der Waals surface area contributed by atoms with Crippen LogP contribution < -0.4 is 0 Å². The summed E-state index contributed by atoms with van der Waals surface area (Å²) in [5, 5.41) is 0.762. The molecule has 96 valence electrons. The van der Waals surface area contributed by atoms with E-state index in [1.165, 1.54) is 31.6 Å². The molecule has 1 aromatic rings. The molecular formula is C13H23N3S. The fraction of sp³-hybridized carbons (Fsp3) is 0.769. The van der Waals surface area contributed by atoms with E-state index in [2.05, 4.69) is 34.7 Å². The Bertz CT molecular complexity index is 346. The number of aryl methyl sites for hydroxylation is 1. The summed E-state index contributed by atoms with van der Waals surface area (Å²) in [5.74, 6) is 1.19. The van der Waals surface area contributed by atoms with Gasteiger partial charge >= 0.3 is 0 Å². The van der Waals surface area contributed by atoms with E-state index in [-0.39, 0.29) is 0 Å². The second-order valence-electron chi connectivity index (χ2n) is 4.99. The first kappa shape index (κ1) is 13.0. The van der Waals surface area contributed by atoms with Crippen LogP contribution in [0, 0.1) is 0 Å². The predicted molar refractivity (Wildman–Crippen MR) is 74.2 cm³/mol. The molecule has 0 N–H and O–H groups in total. The van der Waals surface area contributed by atoms with Gasteiger partial charge in [-0.05, 0) is 32.1 Å². The van der Waals surface area contributed by atoms with Gasteiger partial charge in [0.15, 0.2) is 0 Å². The number of hydrogen-bond donors (Lipinski definition) is 0. The van der Waals surface area contributed by atoms with Crippen molar-refractivity contribution in [3.63, 3.8) is 0 Å². The molecule has 1 aromatic heterocycles. The van der Waals surface area contributed by atoms with Gasteiger partial charge in [-0.2, -0.15) is 11.8 Å². The Balaban J connectivity index is 1.87. The van der Waals surface area contributed by atoms with Crippen LogP contribution in [0.15, 0.2) is 12.4 Å². The molecule has 0 bridgehead atoms. The van der Waals surface area contributed by atoms with Crippen molar-refractivity contribution in [2.75, 3.05) is 12.8 Å². The van der Waals surface area contributed by atoms with Crippen molar-refractivity contribution in [2.45, 2.75) is 44.0 Å². The van der Waals surface area contributed by atoms with Crippen molar-refractivity contribution in [2.24, 2.45) is 7.05 Å². The van der Waals surface area contributed by atoms with Crippen LogP contribution in [0.1, 0.15) is 32.0 Å². The smallest absolute Gasteiger partial charge is 0.122 e. The van der Waals surface area contributed by atoms with Gasteiger partial charge in [-0.3, -0.25) is 4.90 Å². The molecule has 2 rings (SSSR count). The molecule has 0 radical (unpaired) electrons. The van der Waals surface area contributed by atoms with Gasteiger partial charge in [-0.1, -0.05) is 6.92 Å². The zero-order valence-electron chi connectivity index (χ0n) is 11.1. The Morgan fingerprint density at radius 2 is 2.35 bits per heavy atom. The van der Waals surface area contributed by atoms with Crippen molar-refractivity contribution >= 4 is 11.8 Å². The van der Waals surface area contributed by atoms with Crippen LogP contribution in [0.2, 0.25) is 0 Å². The van der Waals surface area contributed by atoms with Crippen LogP contribution in [0.25, 0.3) is 0 Å². The standard InChI is InChI=1S/C13H23N3S/c1-11(17-3)6-8-16(12-4-5-12)10-13-14-7-9-15(13)2/h7,9,11-12H,4-6,8,10H2,1-3H3. The fourth-order valence-corrected chi connectivity index (χ4v) is 2.37. The molecule has 1 atom stereocenters. The summed E-state index contributed by atoms with van der Waals surface area (Å²) >= 11 is 1.96. The SMILES string of the molecule is CSC(C)CCN(Cc1nccn1C)C1CC1. The zero-order chi connectivity index (χ0) is 12.3. The molecule has 0 saturated heterocycles. The average molecular weight is 253 g/mol. The number of aromatic nitrogens is 2. The van der Waals surface area contributed by atoms with Crippen LogP contribution in [-0.2, 0) is 13.6 Å². The van der Waals surface area contributed by atoms with E-state index in [1.54, 1.807) is 0 Å². The van der Waals surface area contributed by atoms with Crippen LogP contribution in [-0.4, -0.2) is 38.5 Å². The van der Waals surface area contributed by atoms with Gasteiger partial charge in [0.1, 0.15) is 5.82 Å². The molecule has 17 heavy (non-hydrogen) atoms. The monoisotopic (exact) mass is 253 g/mol. The predicted octanol–water partition coefficient (Wildman–Crippen LogP) is 2.53. The van der Waals surface area contributed by atoms with Gasteiger partial charge in [0.05, 0.1) is 6.54 Å². The van der Waals surface area contributed by atoms with E-state index in [0.717, 1.165) is 17.8 Å². The summed E-state index contributed by atoms with van der Waals surface area (Å²) in [5.41, 5.74) is 0. The van der Waals surface area contributed by atoms with E-state index in [4.69, 9.17) is 0 Å². The minimum atomic E-state index is 0.762. The number of rotatable bonds is 7. The third kappa shape index (κ3) is 3.75. The average Bonchev–Trinajstić information content (AvgIpc) is 3.09. The van der Waals surface area contributed by atoms with Crippen LogP contribution in [0.5, 0.6) is 0 Å². The van der Waals surface area contributed by atoms with Crippen molar-refractivity contribution in [3.05, 3.63) is 18.2 Å². The lowest BCUT2D eigenvalue weighted by Gasteiger charge is -2.23. The molecule has 1 aliphatic rings. The summed E-state index contributed by atoms with van der Waals surface area (Å²) < 4.78 is 2.13. The third-order valence-corrected chi connectivity index (χ3v) is 4.59. The highest BCUT2D eigenvalue weighted by Crippen LogP contribution is 2.28. The van der Waals surface area contributed by atoms with E-state index >= 15 is 0 Å². The lowest BCUT2D eigenvalue weighted by atomic mass is 10.3. The Morgan fingerprint density at radius 3 is 2.88 bits per heavy atom. The first-order valence-electron chi connectivity index (χ1n) is 6.43. The first-order valence-corrected chi connectivity index (χ1v) is 7.72. The topological polar surface area (TPSA) is 21.1 Å². The second kappa shape index (κ2) is 5.91. The largest absolute Gasteiger partial charge is 0.337 e. The molecule has 1 aliphatic carbocycles. The minimum Gasteiger partial charge on any atom is -0.337 e. The Kier molecular flexibility index (Phi) is 4.51. The molecule has 1 fully saturated rings. The molecule has 0 amide bonds. The van der Waals surface area contributed by atoms with Crippen molar-refractivity contribution < 1.29 is 0 Å². The molecule has 4 heteroatoms. The number of nitrogens with zero attached hydrogens (tertiary/aromatic N) is 3. The van der Waals surface area contributed by atoms with Gasteiger partial charge < -0.3 is 4.57 Å². The molecule has 1 unspecified atom stereocenters. The van der Waals surface area contributed by atoms with Gasteiger partial charge in [0.2, 0.25) is 0 Å². The van der Waals surface area contributed by atoms with Crippen LogP contribution >= 0.6 is 11.8 Å². The fourth-order valence-electron chi connectivity index (χ4n) is 2.03. The Hall–Kier alpha value is -0.480. The highest BCUT2D eigenvalue weighted by molar-refractivity contribution is 7.99. The Morgan fingerprint density at radius 1 is 1.59 bits per heavy atom. The summed E-state index contributed by atoms with van der Waals surface area (Å²) in [6, 6.07) is 0.820. The third-order valence-electron chi connectivity index (χ3n) is 3.55. The van der Waals surface area contributed by atoms with E-state index in [1.807, 2.05) is 24.2 Å². The Labute approximate surface area is 109 Å². The van der Waals surface area contributed by atoms with Crippen LogP contribution in [0.4, 0.5) is 0 Å². The first-order chi connectivity index (χ1) is 8.20. The van der Waals surface area contributed by atoms with Crippen molar-refractivity contribution in [1.82, 2.24) is 14.5 Å². The summed E-state index contributed by atoms with van der Waals surface area (Å²) in [6.07, 6.45) is 10.2. The summed E-state index contributed by atoms with van der Waals surface area (Å²) in [6.45, 7) is 4.53. The maximum Gasteiger partial charge on any atom is 0.122 e. The van der Waals surface area contributed by atoms with Gasteiger partial charge in [0.25, 0.3) is 0 Å². The number of imidazole rings is 1. The van der Waals surface area contributed by atoms with Gasteiger partial charge in [-0.25, -0.2) is 4.98 Å². The van der Waals surface area contributed by atoms with E-state index < -0.39 is 0 Å². The molecule has 0 aromatic carbocycles. The molecule has 0 aliphatic heterocycles. The lowest BCUT2D eigenvalue weighted by molar-refractivity contribution is 0.243. The summed E-state index contributed by atoms with van der Waals surface area (Å²) in [4.78, 5) is 7.04. The van der Waals surface area contributed by atoms with E-state index in [9.17, 15) is 0 Å². The van der Waals surface area contributed by atoms with Gasteiger partial charge in [0, 0.05) is 30.7 Å². The van der Waals surface area contributed by atoms with Crippen molar-refractivity contribution in [1.29, 1.82) is 0 Å². The van der Waals surface area contributed by atoms with Crippen molar-refractivity contribution in [3.8, 4) is 0 Å². The zero-order valence-corrected chi connectivity index (χ0v) is 11.9. The van der Waals surface area contributed by atoms with Gasteiger partial charge in [-0.15, -0.1) is 0 Å². The number of thioether (sulfide) groups is 1. The molecule has 1 saturated carbocycles.